The Morgan fingerprint density at radius 2 is 2.31 bits per heavy atom. The number of hydrogen-bond acceptors (Lipinski definition) is 3. The van der Waals surface area contributed by atoms with Gasteiger partial charge in [-0.1, -0.05) is 18.2 Å². The monoisotopic (exact) mass is 235 g/mol. The molecule has 0 unspecified atom stereocenters. The van der Waals surface area contributed by atoms with Gasteiger partial charge in [-0.25, -0.2) is 0 Å². The molecule has 0 fully saturated rings. The molecule has 0 saturated carbocycles. The Balaban J connectivity index is 2.08. The molecule has 0 radical (unpaired) electrons. The highest BCUT2D eigenvalue weighted by Crippen LogP contribution is 2.19. The summed E-state index contributed by atoms with van der Waals surface area (Å²) in [6, 6.07) is 6.53. The maximum Gasteiger partial charge on any atom is 0.0678 e. The van der Waals surface area contributed by atoms with Gasteiger partial charge in [0.25, 0.3) is 0 Å². The second-order valence-electron chi connectivity index (χ2n) is 4.06. The van der Waals surface area contributed by atoms with Crippen LogP contribution in [0.3, 0.4) is 0 Å². The molecule has 0 aromatic heterocycles. The number of thioether (sulfide) groups is 1. The van der Waals surface area contributed by atoms with Gasteiger partial charge in [0.15, 0.2) is 0 Å². The third-order valence-corrected chi connectivity index (χ3v) is 3.58. The zero-order chi connectivity index (χ0) is 11.4. The highest BCUT2D eigenvalue weighted by Gasteiger charge is 2.06. The molecule has 1 aliphatic heterocycles. The first-order valence-corrected chi connectivity index (χ1v) is 6.56. The van der Waals surface area contributed by atoms with E-state index in [4.69, 9.17) is 5.11 Å². The third kappa shape index (κ3) is 2.80. The fourth-order valence-electron chi connectivity index (χ4n) is 1.86. The number of benzene rings is 1. The van der Waals surface area contributed by atoms with Crippen molar-refractivity contribution in [1.29, 1.82) is 0 Å². The van der Waals surface area contributed by atoms with Crippen LogP contribution >= 0.6 is 11.8 Å². The van der Waals surface area contributed by atoms with E-state index in [0.717, 1.165) is 18.8 Å². The van der Waals surface area contributed by atoms with E-state index in [1.165, 1.54) is 16.7 Å². The van der Waals surface area contributed by atoms with Crippen molar-refractivity contribution in [2.45, 2.75) is 19.9 Å². The van der Waals surface area contributed by atoms with Gasteiger partial charge in [0.1, 0.15) is 0 Å². The Hall–Kier alpha value is -0.930. The number of aryl methyl sites for hydroxylation is 1. The Labute approximate surface area is 101 Å². The van der Waals surface area contributed by atoms with Crippen LogP contribution in [0.2, 0.25) is 0 Å². The lowest BCUT2D eigenvalue weighted by atomic mass is 10.0. The SMILES string of the molecule is Cc1ccc(CN2C=CSC2)cc1CCO. The van der Waals surface area contributed by atoms with Gasteiger partial charge >= 0.3 is 0 Å². The molecule has 1 heterocycles. The maximum absolute atomic E-state index is 8.99. The molecule has 86 valence electrons. The topological polar surface area (TPSA) is 23.5 Å². The number of aliphatic hydroxyl groups excluding tert-OH is 1. The molecule has 2 nitrogen and oxygen atoms in total. The Morgan fingerprint density at radius 1 is 1.44 bits per heavy atom. The molecule has 0 bridgehead atoms. The summed E-state index contributed by atoms with van der Waals surface area (Å²) in [4.78, 5) is 2.29. The molecule has 3 heteroatoms. The predicted molar refractivity (Wildman–Crippen MR) is 69.1 cm³/mol. The molecule has 1 aromatic rings. The lowest BCUT2D eigenvalue weighted by Crippen LogP contribution is -2.12. The quantitative estimate of drug-likeness (QED) is 0.867. The molecule has 0 amide bonds. The average molecular weight is 235 g/mol. The van der Waals surface area contributed by atoms with Crippen LogP contribution in [-0.4, -0.2) is 22.5 Å². The van der Waals surface area contributed by atoms with Crippen LogP contribution < -0.4 is 0 Å². The largest absolute Gasteiger partial charge is 0.396 e. The summed E-state index contributed by atoms with van der Waals surface area (Å²) < 4.78 is 0. The van der Waals surface area contributed by atoms with Crippen molar-refractivity contribution in [1.82, 2.24) is 4.90 Å². The van der Waals surface area contributed by atoms with Gasteiger partial charge in [0, 0.05) is 19.4 Å². The zero-order valence-corrected chi connectivity index (χ0v) is 10.3. The smallest absolute Gasteiger partial charge is 0.0678 e. The van der Waals surface area contributed by atoms with Crippen LogP contribution in [0.4, 0.5) is 0 Å². The lowest BCUT2D eigenvalue weighted by Gasteiger charge is -2.16. The molecule has 1 N–H and O–H groups in total. The van der Waals surface area contributed by atoms with Crippen LogP contribution in [0.1, 0.15) is 16.7 Å². The first-order valence-electron chi connectivity index (χ1n) is 5.51. The van der Waals surface area contributed by atoms with Crippen molar-refractivity contribution in [3.8, 4) is 0 Å². The Morgan fingerprint density at radius 3 is 3.00 bits per heavy atom. The maximum atomic E-state index is 8.99. The minimum atomic E-state index is 0.226. The van der Waals surface area contributed by atoms with Crippen molar-refractivity contribution in [3.05, 3.63) is 46.5 Å². The van der Waals surface area contributed by atoms with Crippen LogP contribution in [-0.2, 0) is 13.0 Å². The normalized spacial score (nSPS) is 14.8. The van der Waals surface area contributed by atoms with Gasteiger partial charge in [-0.05, 0) is 35.4 Å². The van der Waals surface area contributed by atoms with Crippen molar-refractivity contribution >= 4 is 11.8 Å². The summed E-state index contributed by atoms with van der Waals surface area (Å²) in [5, 5.41) is 11.1. The number of nitrogens with zero attached hydrogens (tertiary/aromatic N) is 1. The van der Waals surface area contributed by atoms with Gasteiger partial charge in [-0.2, -0.15) is 0 Å². The van der Waals surface area contributed by atoms with Gasteiger partial charge in [0.05, 0.1) is 5.88 Å². The van der Waals surface area contributed by atoms with E-state index in [0.29, 0.717) is 0 Å². The minimum absolute atomic E-state index is 0.226. The summed E-state index contributed by atoms with van der Waals surface area (Å²) in [5.74, 6) is 1.04. The number of rotatable bonds is 4. The van der Waals surface area contributed by atoms with Crippen LogP contribution in [0.15, 0.2) is 29.8 Å². The molecule has 0 saturated heterocycles. The fourth-order valence-corrected chi connectivity index (χ4v) is 2.57. The van der Waals surface area contributed by atoms with Gasteiger partial charge in [-0.15, -0.1) is 11.8 Å². The number of aliphatic hydroxyl groups is 1. The van der Waals surface area contributed by atoms with Crippen molar-refractivity contribution in [2.75, 3.05) is 12.5 Å². The Bertz CT molecular complexity index is 390. The third-order valence-electron chi connectivity index (χ3n) is 2.79. The molecular weight excluding hydrogens is 218 g/mol. The summed E-state index contributed by atoms with van der Waals surface area (Å²) in [6.45, 7) is 3.28. The number of hydrogen-bond donors (Lipinski definition) is 1. The van der Waals surface area contributed by atoms with Gasteiger partial charge < -0.3 is 10.0 Å². The fraction of sp³-hybridized carbons (Fsp3) is 0.385. The van der Waals surface area contributed by atoms with Crippen LogP contribution in [0, 0.1) is 6.92 Å². The van der Waals surface area contributed by atoms with E-state index in [1.807, 2.05) is 11.8 Å². The lowest BCUT2D eigenvalue weighted by molar-refractivity contribution is 0.299. The van der Waals surface area contributed by atoms with Crippen LogP contribution in [0.5, 0.6) is 0 Å². The standard InChI is InChI=1S/C13H17NOS/c1-11-2-3-12(8-13(11)4-6-15)9-14-5-7-16-10-14/h2-3,5,7-8,15H,4,6,9-10H2,1H3. The Kier molecular flexibility index (Phi) is 3.91. The summed E-state index contributed by atoms with van der Waals surface area (Å²) in [6.07, 6.45) is 2.89. The van der Waals surface area contributed by atoms with E-state index < -0.39 is 0 Å². The second kappa shape index (κ2) is 5.41. The van der Waals surface area contributed by atoms with Crippen LogP contribution in [0.25, 0.3) is 0 Å². The van der Waals surface area contributed by atoms with E-state index in [-0.39, 0.29) is 6.61 Å². The average Bonchev–Trinajstić information content (AvgIpc) is 2.76. The van der Waals surface area contributed by atoms with Gasteiger partial charge in [-0.3, -0.25) is 0 Å². The first-order chi connectivity index (χ1) is 7.79. The second-order valence-corrected chi connectivity index (χ2v) is 4.93. The van der Waals surface area contributed by atoms with E-state index in [2.05, 4.69) is 41.6 Å². The van der Waals surface area contributed by atoms with E-state index in [9.17, 15) is 0 Å². The van der Waals surface area contributed by atoms with Crippen molar-refractivity contribution in [2.24, 2.45) is 0 Å². The highest BCUT2D eigenvalue weighted by atomic mass is 32.2. The summed E-state index contributed by atoms with van der Waals surface area (Å²) >= 11 is 1.82. The first kappa shape index (κ1) is 11.6. The van der Waals surface area contributed by atoms with E-state index >= 15 is 0 Å². The van der Waals surface area contributed by atoms with Gasteiger partial charge in [0.2, 0.25) is 0 Å². The molecule has 0 spiro atoms. The summed E-state index contributed by atoms with van der Waals surface area (Å²) in [7, 11) is 0. The van der Waals surface area contributed by atoms with E-state index in [1.54, 1.807) is 0 Å². The molecular formula is C13H17NOS. The molecule has 16 heavy (non-hydrogen) atoms. The molecule has 0 aliphatic carbocycles. The van der Waals surface area contributed by atoms with Crippen molar-refractivity contribution < 1.29 is 5.11 Å². The molecule has 0 atom stereocenters. The predicted octanol–water partition coefficient (Wildman–Crippen LogP) is 2.51. The summed E-state index contributed by atoms with van der Waals surface area (Å²) in [5.41, 5.74) is 3.85. The molecule has 2 rings (SSSR count). The zero-order valence-electron chi connectivity index (χ0n) is 9.52. The van der Waals surface area contributed by atoms with Crippen molar-refractivity contribution in [3.63, 3.8) is 0 Å². The molecule has 1 aromatic carbocycles. The molecule has 1 aliphatic rings. The highest BCUT2D eigenvalue weighted by molar-refractivity contribution is 8.02. The minimum Gasteiger partial charge on any atom is -0.396 e.